The molecule has 2 rings (SSSR count). The first-order valence-electron chi connectivity index (χ1n) is 8.72. The summed E-state index contributed by atoms with van der Waals surface area (Å²) in [5.74, 6) is -0.227. The van der Waals surface area contributed by atoms with E-state index in [4.69, 9.17) is 0 Å². The van der Waals surface area contributed by atoms with Crippen molar-refractivity contribution < 1.29 is 22.8 Å². The summed E-state index contributed by atoms with van der Waals surface area (Å²) in [5.41, 5.74) is -0.392. The summed E-state index contributed by atoms with van der Waals surface area (Å²) in [6.07, 6.45) is -3.59. The van der Waals surface area contributed by atoms with Gasteiger partial charge in [-0.25, -0.2) is 0 Å². The number of carbonyl (C=O) groups is 2. The van der Waals surface area contributed by atoms with Crippen molar-refractivity contribution in [1.29, 1.82) is 0 Å². The van der Waals surface area contributed by atoms with Crippen molar-refractivity contribution in [2.24, 2.45) is 0 Å². The molecular weight excluding hydrogens is 347 g/mol. The third-order valence-corrected chi connectivity index (χ3v) is 4.27. The van der Waals surface area contributed by atoms with Gasteiger partial charge in [0.15, 0.2) is 0 Å². The molecule has 1 aromatic rings. The number of hydrogen-bond acceptors (Lipinski definition) is 3. The maximum Gasteiger partial charge on any atom is 0.416 e. The average molecular weight is 371 g/mol. The molecular formula is C18H24F3N3O2. The number of nitrogens with zero attached hydrogens (tertiary/aromatic N) is 2. The molecule has 1 heterocycles. The highest BCUT2D eigenvalue weighted by molar-refractivity contribution is 5.79. The molecule has 1 aliphatic rings. The summed E-state index contributed by atoms with van der Waals surface area (Å²) in [6, 6.07) is 4.86. The number of piperazine rings is 1. The zero-order valence-electron chi connectivity index (χ0n) is 14.8. The van der Waals surface area contributed by atoms with Crippen LogP contribution >= 0.6 is 0 Å². The van der Waals surface area contributed by atoms with Crippen LogP contribution in [0.5, 0.6) is 0 Å². The van der Waals surface area contributed by atoms with Gasteiger partial charge in [-0.15, -0.1) is 0 Å². The van der Waals surface area contributed by atoms with Crippen LogP contribution in [0.1, 0.15) is 24.5 Å². The standard InChI is InChI=1S/C18H24F3N3O2/c1-2-6-22-16(25)13-23-7-9-24(10-8-23)17(26)12-14-4-3-5-15(11-14)18(19,20)21/h3-5,11H,2,6-10,12-13H2,1H3,(H,22,25). The second-order valence-electron chi connectivity index (χ2n) is 6.38. The number of hydrogen-bond donors (Lipinski definition) is 1. The van der Waals surface area contributed by atoms with E-state index >= 15 is 0 Å². The first-order valence-corrected chi connectivity index (χ1v) is 8.72. The Bertz CT molecular complexity index is 626. The SMILES string of the molecule is CCCNC(=O)CN1CCN(C(=O)Cc2cccc(C(F)(F)F)c2)CC1. The van der Waals surface area contributed by atoms with Crippen LogP contribution in [-0.2, 0) is 22.2 Å². The second kappa shape index (κ2) is 9.02. The molecule has 0 bridgehead atoms. The first-order chi connectivity index (χ1) is 12.3. The molecule has 144 valence electrons. The van der Waals surface area contributed by atoms with E-state index in [1.807, 2.05) is 11.8 Å². The van der Waals surface area contributed by atoms with Crippen LogP contribution in [0.2, 0.25) is 0 Å². The van der Waals surface area contributed by atoms with E-state index in [1.54, 1.807) is 4.90 Å². The summed E-state index contributed by atoms with van der Waals surface area (Å²) >= 11 is 0. The molecule has 0 radical (unpaired) electrons. The minimum Gasteiger partial charge on any atom is -0.355 e. The monoisotopic (exact) mass is 371 g/mol. The number of alkyl halides is 3. The molecule has 2 amide bonds. The van der Waals surface area contributed by atoms with Crippen LogP contribution < -0.4 is 5.32 Å². The minimum absolute atomic E-state index is 0.0319. The zero-order chi connectivity index (χ0) is 19.2. The molecule has 1 saturated heterocycles. The third kappa shape index (κ3) is 6.01. The van der Waals surface area contributed by atoms with Gasteiger partial charge in [0.25, 0.3) is 0 Å². The first kappa shape index (κ1) is 20.2. The number of halogens is 3. The largest absolute Gasteiger partial charge is 0.416 e. The lowest BCUT2D eigenvalue weighted by atomic mass is 10.1. The molecule has 1 aromatic carbocycles. The van der Waals surface area contributed by atoms with E-state index in [-0.39, 0.29) is 18.2 Å². The second-order valence-corrected chi connectivity index (χ2v) is 6.38. The van der Waals surface area contributed by atoms with Crippen molar-refractivity contribution in [3.8, 4) is 0 Å². The van der Waals surface area contributed by atoms with Gasteiger partial charge in [-0.2, -0.15) is 13.2 Å². The number of benzene rings is 1. The van der Waals surface area contributed by atoms with E-state index in [0.29, 0.717) is 44.8 Å². The van der Waals surface area contributed by atoms with Gasteiger partial charge in [-0.3, -0.25) is 14.5 Å². The molecule has 26 heavy (non-hydrogen) atoms. The van der Waals surface area contributed by atoms with Crippen LogP contribution in [0, 0.1) is 0 Å². The van der Waals surface area contributed by atoms with E-state index in [9.17, 15) is 22.8 Å². The molecule has 0 unspecified atom stereocenters. The highest BCUT2D eigenvalue weighted by Gasteiger charge is 2.30. The Kier molecular flexibility index (Phi) is 7.02. The topological polar surface area (TPSA) is 52.7 Å². The highest BCUT2D eigenvalue weighted by atomic mass is 19.4. The molecule has 0 aliphatic carbocycles. The van der Waals surface area contributed by atoms with Gasteiger partial charge in [0.05, 0.1) is 18.5 Å². The van der Waals surface area contributed by atoms with Crippen LogP contribution in [0.3, 0.4) is 0 Å². The molecule has 1 N–H and O–H groups in total. The van der Waals surface area contributed by atoms with Crippen molar-refractivity contribution in [3.63, 3.8) is 0 Å². The lowest BCUT2D eigenvalue weighted by Gasteiger charge is -2.34. The van der Waals surface area contributed by atoms with Crippen LogP contribution in [0.15, 0.2) is 24.3 Å². The number of carbonyl (C=O) groups excluding carboxylic acids is 2. The Hall–Kier alpha value is -2.09. The molecule has 0 saturated carbocycles. The predicted molar refractivity (Wildman–Crippen MR) is 91.5 cm³/mol. The number of rotatable bonds is 6. The van der Waals surface area contributed by atoms with Gasteiger partial charge >= 0.3 is 6.18 Å². The lowest BCUT2D eigenvalue weighted by Crippen LogP contribution is -2.51. The van der Waals surface area contributed by atoms with E-state index in [1.165, 1.54) is 12.1 Å². The van der Waals surface area contributed by atoms with Gasteiger partial charge in [0.2, 0.25) is 11.8 Å². The molecule has 1 fully saturated rings. The summed E-state index contributed by atoms with van der Waals surface area (Å²) in [7, 11) is 0. The molecule has 5 nitrogen and oxygen atoms in total. The van der Waals surface area contributed by atoms with Crippen molar-refractivity contribution in [2.75, 3.05) is 39.3 Å². The Morgan fingerprint density at radius 3 is 2.46 bits per heavy atom. The number of nitrogens with one attached hydrogen (secondary N) is 1. The number of amides is 2. The van der Waals surface area contributed by atoms with Gasteiger partial charge in [0, 0.05) is 32.7 Å². The molecule has 0 atom stereocenters. The van der Waals surface area contributed by atoms with Crippen LogP contribution in [0.25, 0.3) is 0 Å². The maximum absolute atomic E-state index is 12.8. The van der Waals surface area contributed by atoms with Crippen molar-refractivity contribution in [1.82, 2.24) is 15.1 Å². The van der Waals surface area contributed by atoms with Gasteiger partial charge < -0.3 is 10.2 Å². The fraction of sp³-hybridized carbons (Fsp3) is 0.556. The van der Waals surface area contributed by atoms with E-state index < -0.39 is 11.7 Å². The van der Waals surface area contributed by atoms with Crippen molar-refractivity contribution >= 4 is 11.8 Å². The summed E-state index contributed by atoms with van der Waals surface area (Å²) < 4.78 is 38.3. The molecule has 0 aromatic heterocycles. The van der Waals surface area contributed by atoms with E-state index in [0.717, 1.165) is 18.6 Å². The van der Waals surface area contributed by atoms with Crippen molar-refractivity contribution in [2.45, 2.75) is 25.9 Å². The smallest absolute Gasteiger partial charge is 0.355 e. The fourth-order valence-corrected chi connectivity index (χ4v) is 2.82. The Balaban J connectivity index is 1.82. The summed E-state index contributed by atoms with van der Waals surface area (Å²) in [5, 5.41) is 2.81. The Labute approximate surface area is 151 Å². The molecule has 1 aliphatic heterocycles. The van der Waals surface area contributed by atoms with Crippen LogP contribution in [-0.4, -0.2) is 60.9 Å². The highest BCUT2D eigenvalue weighted by Crippen LogP contribution is 2.29. The van der Waals surface area contributed by atoms with Gasteiger partial charge in [-0.1, -0.05) is 25.1 Å². The summed E-state index contributed by atoms with van der Waals surface area (Å²) in [4.78, 5) is 27.7. The zero-order valence-corrected chi connectivity index (χ0v) is 14.8. The summed E-state index contributed by atoms with van der Waals surface area (Å²) in [6.45, 7) is 5.03. The van der Waals surface area contributed by atoms with Gasteiger partial charge in [0.1, 0.15) is 0 Å². The Morgan fingerprint density at radius 2 is 1.85 bits per heavy atom. The lowest BCUT2D eigenvalue weighted by molar-refractivity contribution is -0.138. The fourth-order valence-electron chi connectivity index (χ4n) is 2.82. The quantitative estimate of drug-likeness (QED) is 0.831. The van der Waals surface area contributed by atoms with Crippen molar-refractivity contribution in [3.05, 3.63) is 35.4 Å². The molecule has 8 heteroatoms. The molecule has 0 spiro atoms. The predicted octanol–water partition coefficient (Wildman–Crippen LogP) is 1.92. The normalized spacial score (nSPS) is 15.8. The van der Waals surface area contributed by atoms with Gasteiger partial charge in [-0.05, 0) is 18.1 Å². The minimum atomic E-state index is -4.41. The maximum atomic E-state index is 12.8. The average Bonchev–Trinajstić information content (AvgIpc) is 2.60. The Morgan fingerprint density at radius 1 is 1.15 bits per heavy atom. The van der Waals surface area contributed by atoms with Crippen LogP contribution in [0.4, 0.5) is 13.2 Å². The van der Waals surface area contributed by atoms with E-state index in [2.05, 4.69) is 5.32 Å². The third-order valence-electron chi connectivity index (χ3n) is 4.27.